The summed E-state index contributed by atoms with van der Waals surface area (Å²) in [7, 11) is 1.76. The lowest BCUT2D eigenvalue weighted by atomic mass is 10.2. The fraction of sp³-hybridized carbons (Fsp3) is 0.467. The van der Waals surface area contributed by atoms with Gasteiger partial charge in [-0.2, -0.15) is 0 Å². The first-order valence-electron chi connectivity index (χ1n) is 7.21. The molecule has 0 atom stereocenters. The highest BCUT2D eigenvalue weighted by atomic mass is 16.1. The largest absolute Gasteiger partial charge is 0.328 e. The normalized spacial score (nSPS) is 14.8. The molecular weight excluding hydrogens is 252 g/mol. The molecule has 0 spiro atoms. The summed E-state index contributed by atoms with van der Waals surface area (Å²) in [5, 5.41) is 5.72. The lowest BCUT2D eigenvalue weighted by molar-refractivity contribution is -0.115. The fourth-order valence-corrected chi connectivity index (χ4v) is 2.79. The second-order valence-corrected chi connectivity index (χ2v) is 5.27. The van der Waals surface area contributed by atoms with Crippen LogP contribution in [0.15, 0.2) is 18.2 Å². The number of benzene rings is 1. The smallest absolute Gasteiger partial charge is 0.238 e. The molecule has 0 saturated carbocycles. The van der Waals surface area contributed by atoms with Gasteiger partial charge in [-0.1, -0.05) is 6.42 Å². The van der Waals surface area contributed by atoms with Gasteiger partial charge in [-0.05, 0) is 38.1 Å². The van der Waals surface area contributed by atoms with E-state index in [1.54, 1.807) is 7.05 Å². The Hall–Kier alpha value is -1.88. The zero-order chi connectivity index (χ0) is 13.9. The molecule has 0 saturated heterocycles. The van der Waals surface area contributed by atoms with Crippen LogP contribution in [0, 0.1) is 0 Å². The van der Waals surface area contributed by atoms with E-state index in [0.717, 1.165) is 24.2 Å². The first-order valence-corrected chi connectivity index (χ1v) is 7.21. The molecule has 0 radical (unpaired) electrons. The summed E-state index contributed by atoms with van der Waals surface area (Å²) < 4.78 is 2.32. The van der Waals surface area contributed by atoms with Crippen LogP contribution in [0.2, 0.25) is 0 Å². The molecule has 5 heteroatoms. The predicted octanol–water partition coefficient (Wildman–Crippen LogP) is 1.92. The Morgan fingerprint density at radius 3 is 3.10 bits per heavy atom. The molecule has 0 unspecified atom stereocenters. The highest BCUT2D eigenvalue weighted by Gasteiger charge is 2.13. The van der Waals surface area contributed by atoms with Gasteiger partial charge in [-0.3, -0.25) is 4.79 Å². The number of nitrogens with zero attached hydrogens (tertiary/aromatic N) is 2. The van der Waals surface area contributed by atoms with E-state index in [1.807, 2.05) is 12.1 Å². The van der Waals surface area contributed by atoms with Crippen LogP contribution < -0.4 is 10.6 Å². The van der Waals surface area contributed by atoms with E-state index in [2.05, 4.69) is 21.3 Å². The van der Waals surface area contributed by atoms with Crippen molar-refractivity contribution in [1.29, 1.82) is 0 Å². The van der Waals surface area contributed by atoms with Crippen molar-refractivity contribution < 1.29 is 4.79 Å². The van der Waals surface area contributed by atoms with Gasteiger partial charge in [0.2, 0.25) is 5.91 Å². The summed E-state index contributed by atoms with van der Waals surface area (Å²) >= 11 is 0. The first-order chi connectivity index (χ1) is 9.78. The van der Waals surface area contributed by atoms with Crippen LogP contribution in [0.3, 0.4) is 0 Å². The predicted molar refractivity (Wildman–Crippen MR) is 79.8 cm³/mol. The molecule has 1 aliphatic rings. The van der Waals surface area contributed by atoms with Crippen molar-refractivity contribution in [3.8, 4) is 0 Å². The Kier molecular flexibility index (Phi) is 3.69. The number of carbonyl (C=O) groups excluding carboxylic acids is 1. The van der Waals surface area contributed by atoms with E-state index in [4.69, 9.17) is 4.98 Å². The zero-order valence-electron chi connectivity index (χ0n) is 11.8. The molecule has 0 fully saturated rings. The van der Waals surface area contributed by atoms with E-state index >= 15 is 0 Å². The highest BCUT2D eigenvalue weighted by molar-refractivity contribution is 5.94. The van der Waals surface area contributed by atoms with Gasteiger partial charge in [0.15, 0.2) is 0 Å². The number of anilines is 1. The molecular formula is C15H20N4O. The fourth-order valence-electron chi connectivity index (χ4n) is 2.79. The molecule has 106 valence electrons. The Morgan fingerprint density at radius 2 is 2.25 bits per heavy atom. The maximum Gasteiger partial charge on any atom is 0.238 e. The van der Waals surface area contributed by atoms with Gasteiger partial charge in [0, 0.05) is 18.7 Å². The van der Waals surface area contributed by atoms with Crippen LogP contribution in [0.5, 0.6) is 0 Å². The SMILES string of the molecule is CNCC(=O)Nc1ccc2c(c1)nc1n2CCCCC1. The number of fused-ring (bicyclic) bond motifs is 3. The molecule has 2 heterocycles. The molecule has 3 rings (SSSR count). The van der Waals surface area contributed by atoms with E-state index < -0.39 is 0 Å². The molecule has 0 bridgehead atoms. The third kappa shape index (κ3) is 2.54. The van der Waals surface area contributed by atoms with E-state index in [0.29, 0.717) is 6.54 Å². The van der Waals surface area contributed by atoms with E-state index in [-0.39, 0.29) is 5.91 Å². The molecule has 2 aromatic rings. The van der Waals surface area contributed by atoms with Crippen LogP contribution in [0.25, 0.3) is 11.0 Å². The van der Waals surface area contributed by atoms with Crippen molar-refractivity contribution in [3.63, 3.8) is 0 Å². The van der Waals surface area contributed by atoms with Gasteiger partial charge in [0.05, 0.1) is 17.6 Å². The quantitative estimate of drug-likeness (QED) is 0.897. The van der Waals surface area contributed by atoms with E-state index in [9.17, 15) is 4.79 Å². The molecule has 1 aromatic carbocycles. The first kappa shape index (κ1) is 13.1. The number of carbonyl (C=O) groups is 1. The average molecular weight is 272 g/mol. The highest BCUT2D eigenvalue weighted by Crippen LogP contribution is 2.24. The van der Waals surface area contributed by atoms with Gasteiger partial charge >= 0.3 is 0 Å². The summed E-state index contributed by atoms with van der Waals surface area (Å²) in [6.07, 6.45) is 4.77. The van der Waals surface area contributed by atoms with Crippen LogP contribution in [0.4, 0.5) is 5.69 Å². The summed E-state index contributed by atoms with van der Waals surface area (Å²) in [4.78, 5) is 16.3. The third-order valence-corrected chi connectivity index (χ3v) is 3.73. The van der Waals surface area contributed by atoms with Crippen molar-refractivity contribution in [2.75, 3.05) is 18.9 Å². The maximum atomic E-state index is 11.6. The third-order valence-electron chi connectivity index (χ3n) is 3.73. The monoisotopic (exact) mass is 272 g/mol. The molecule has 1 amide bonds. The van der Waals surface area contributed by atoms with Gasteiger partial charge in [0.1, 0.15) is 5.82 Å². The minimum atomic E-state index is -0.0346. The number of hydrogen-bond donors (Lipinski definition) is 2. The Labute approximate surface area is 118 Å². The minimum Gasteiger partial charge on any atom is -0.328 e. The second kappa shape index (κ2) is 5.63. The Balaban J connectivity index is 1.90. The Bertz CT molecular complexity index is 632. The number of aryl methyl sites for hydroxylation is 2. The van der Waals surface area contributed by atoms with Crippen LogP contribution >= 0.6 is 0 Å². The van der Waals surface area contributed by atoms with Crippen molar-refractivity contribution >= 4 is 22.6 Å². The van der Waals surface area contributed by atoms with E-state index in [1.165, 1.54) is 30.6 Å². The summed E-state index contributed by atoms with van der Waals surface area (Å²) in [6.45, 7) is 1.37. The number of nitrogens with one attached hydrogen (secondary N) is 2. The summed E-state index contributed by atoms with van der Waals surface area (Å²) in [5.74, 6) is 1.14. The van der Waals surface area contributed by atoms with Crippen LogP contribution in [-0.4, -0.2) is 29.1 Å². The number of hydrogen-bond acceptors (Lipinski definition) is 3. The summed E-state index contributed by atoms with van der Waals surface area (Å²) in [6, 6.07) is 5.98. The van der Waals surface area contributed by atoms with Crippen LogP contribution in [0.1, 0.15) is 25.1 Å². The van der Waals surface area contributed by atoms with Gasteiger partial charge in [0.25, 0.3) is 0 Å². The van der Waals surface area contributed by atoms with Crippen LogP contribution in [-0.2, 0) is 17.8 Å². The van der Waals surface area contributed by atoms with Gasteiger partial charge < -0.3 is 15.2 Å². The molecule has 5 nitrogen and oxygen atoms in total. The lowest BCUT2D eigenvalue weighted by Gasteiger charge is -2.06. The minimum absolute atomic E-state index is 0.0346. The maximum absolute atomic E-state index is 11.6. The molecule has 0 aliphatic carbocycles. The second-order valence-electron chi connectivity index (χ2n) is 5.27. The molecule has 1 aliphatic heterocycles. The topological polar surface area (TPSA) is 59.0 Å². The number of aromatic nitrogens is 2. The summed E-state index contributed by atoms with van der Waals surface area (Å²) in [5.41, 5.74) is 2.96. The number of imidazole rings is 1. The van der Waals surface area contributed by atoms with Crippen molar-refractivity contribution in [2.45, 2.75) is 32.2 Å². The van der Waals surface area contributed by atoms with Gasteiger partial charge in [-0.15, -0.1) is 0 Å². The zero-order valence-corrected chi connectivity index (χ0v) is 11.8. The average Bonchev–Trinajstić information content (AvgIpc) is 2.60. The van der Waals surface area contributed by atoms with Crippen molar-refractivity contribution in [1.82, 2.24) is 14.9 Å². The Morgan fingerprint density at radius 1 is 1.35 bits per heavy atom. The number of amides is 1. The van der Waals surface area contributed by atoms with Crippen molar-refractivity contribution in [3.05, 3.63) is 24.0 Å². The number of rotatable bonds is 3. The van der Waals surface area contributed by atoms with Crippen molar-refractivity contribution in [2.24, 2.45) is 0 Å². The molecule has 1 aromatic heterocycles. The molecule has 20 heavy (non-hydrogen) atoms. The number of likely N-dealkylation sites (N-methyl/N-ethyl adjacent to an activating group) is 1. The molecule has 2 N–H and O–H groups in total. The van der Waals surface area contributed by atoms with Gasteiger partial charge in [-0.25, -0.2) is 4.98 Å². The standard InChI is InChI=1S/C15H20N4O/c1-16-10-15(20)17-11-6-7-13-12(9-11)18-14-5-3-2-4-8-19(13)14/h6-7,9,16H,2-5,8,10H2,1H3,(H,17,20). The lowest BCUT2D eigenvalue weighted by Crippen LogP contribution is -2.24.